The van der Waals surface area contributed by atoms with Gasteiger partial charge in [0.25, 0.3) is 0 Å². The van der Waals surface area contributed by atoms with Gasteiger partial charge in [-0.1, -0.05) is 17.7 Å². The lowest BCUT2D eigenvalue weighted by molar-refractivity contribution is 0.627. The van der Waals surface area contributed by atoms with Crippen molar-refractivity contribution in [3.8, 4) is 0 Å². The summed E-state index contributed by atoms with van der Waals surface area (Å²) in [4.78, 5) is 0. The SMILES string of the molecule is Cc1cc(Cl)ccc1CNc1ccc(F)cc1I. The molecule has 0 spiro atoms. The van der Waals surface area contributed by atoms with Gasteiger partial charge in [-0.05, 0) is 71.0 Å². The van der Waals surface area contributed by atoms with E-state index >= 15 is 0 Å². The van der Waals surface area contributed by atoms with Crippen LogP contribution in [0.5, 0.6) is 0 Å². The monoisotopic (exact) mass is 375 g/mol. The Labute approximate surface area is 124 Å². The summed E-state index contributed by atoms with van der Waals surface area (Å²) in [6.45, 7) is 2.73. The van der Waals surface area contributed by atoms with Gasteiger partial charge in [0.1, 0.15) is 5.82 Å². The van der Waals surface area contributed by atoms with Crippen molar-refractivity contribution in [1.82, 2.24) is 0 Å². The van der Waals surface area contributed by atoms with Gasteiger partial charge in [0.15, 0.2) is 0 Å². The predicted octanol–water partition coefficient (Wildman–Crippen LogP) is 5.00. The molecule has 2 aromatic carbocycles. The fourth-order valence-corrected chi connectivity index (χ4v) is 2.58. The van der Waals surface area contributed by atoms with Crippen LogP contribution < -0.4 is 5.32 Å². The van der Waals surface area contributed by atoms with Crippen LogP contribution in [0.2, 0.25) is 5.02 Å². The van der Waals surface area contributed by atoms with E-state index < -0.39 is 0 Å². The van der Waals surface area contributed by atoms with Crippen LogP contribution in [0.4, 0.5) is 10.1 Å². The number of nitrogens with one attached hydrogen (secondary N) is 1. The van der Waals surface area contributed by atoms with Crippen molar-refractivity contribution < 1.29 is 4.39 Å². The molecule has 0 aliphatic heterocycles. The van der Waals surface area contributed by atoms with Crippen LogP contribution in [0.3, 0.4) is 0 Å². The number of benzene rings is 2. The first-order valence-corrected chi connectivity index (χ1v) is 6.96. The Balaban J connectivity index is 2.11. The summed E-state index contributed by atoms with van der Waals surface area (Å²) < 4.78 is 13.8. The molecule has 18 heavy (non-hydrogen) atoms. The lowest BCUT2D eigenvalue weighted by Gasteiger charge is -2.11. The summed E-state index contributed by atoms with van der Waals surface area (Å²) >= 11 is 8.03. The van der Waals surface area contributed by atoms with E-state index in [9.17, 15) is 4.39 Å². The maximum absolute atomic E-state index is 13.0. The van der Waals surface area contributed by atoms with Crippen LogP contribution in [-0.4, -0.2) is 0 Å². The average molecular weight is 376 g/mol. The summed E-state index contributed by atoms with van der Waals surface area (Å²) in [6.07, 6.45) is 0. The van der Waals surface area contributed by atoms with Crippen molar-refractivity contribution in [2.24, 2.45) is 0 Å². The van der Waals surface area contributed by atoms with Crippen molar-refractivity contribution in [1.29, 1.82) is 0 Å². The van der Waals surface area contributed by atoms with Crippen molar-refractivity contribution in [2.45, 2.75) is 13.5 Å². The fourth-order valence-electron chi connectivity index (χ4n) is 1.68. The number of hydrogen-bond donors (Lipinski definition) is 1. The lowest BCUT2D eigenvalue weighted by atomic mass is 10.1. The summed E-state index contributed by atoms with van der Waals surface area (Å²) in [5, 5.41) is 4.04. The van der Waals surface area contributed by atoms with Crippen LogP contribution in [0.15, 0.2) is 36.4 Å². The molecule has 0 saturated carbocycles. The molecule has 4 heteroatoms. The second-order valence-electron chi connectivity index (χ2n) is 4.05. The molecule has 0 aliphatic rings. The largest absolute Gasteiger partial charge is 0.380 e. The number of halogens is 3. The fraction of sp³-hybridized carbons (Fsp3) is 0.143. The van der Waals surface area contributed by atoms with Gasteiger partial charge in [-0.15, -0.1) is 0 Å². The maximum Gasteiger partial charge on any atom is 0.124 e. The Morgan fingerprint density at radius 2 is 2.00 bits per heavy atom. The van der Waals surface area contributed by atoms with Gasteiger partial charge in [0.2, 0.25) is 0 Å². The topological polar surface area (TPSA) is 12.0 Å². The van der Waals surface area contributed by atoms with Crippen molar-refractivity contribution in [3.63, 3.8) is 0 Å². The smallest absolute Gasteiger partial charge is 0.124 e. The molecule has 0 fully saturated rings. The molecule has 0 aromatic heterocycles. The Kier molecular flexibility index (Phi) is 4.45. The lowest BCUT2D eigenvalue weighted by Crippen LogP contribution is -2.02. The Morgan fingerprint density at radius 3 is 2.67 bits per heavy atom. The number of hydrogen-bond acceptors (Lipinski definition) is 1. The first-order valence-electron chi connectivity index (χ1n) is 5.50. The van der Waals surface area contributed by atoms with Crippen molar-refractivity contribution >= 4 is 39.9 Å². The summed E-state index contributed by atoms with van der Waals surface area (Å²) in [6, 6.07) is 10.5. The third-order valence-electron chi connectivity index (χ3n) is 2.71. The Hall–Kier alpha value is -0.810. The molecule has 2 aromatic rings. The molecular weight excluding hydrogens is 364 g/mol. The molecule has 1 N–H and O–H groups in total. The van der Waals surface area contributed by atoms with Gasteiger partial charge >= 0.3 is 0 Å². The molecule has 0 radical (unpaired) electrons. The zero-order valence-electron chi connectivity index (χ0n) is 9.81. The summed E-state index contributed by atoms with van der Waals surface area (Å²) in [5.74, 6) is -0.215. The van der Waals surface area contributed by atoms with Gasteiger partial charge in [-0.25, -0.2) is 4.39 Å². The first kappa shape index (κ1) is 13.6. The minimum absolute atomic E-state index is 0.215. The Morgan fingerprint density at radius 1 is 1.22 bits per heavy atom. The zero-order valence-corrected chi connectivity index (χ0v) is 12.7. The number of aryl methyl sites for hydroxylation is 1. The molecule has 0 amide bonds. The molecular formula is C14H12ClFIN. The zero-order chi connectivity index (χ0) is 13.1. The molecule has 0 unspecified atom stereocenters. The average Bonchev–Trinajstić information content (AvgIpc) is 2.30. The van der Waals surface area contributed by atoms with E-state index in [1.807, 2.05) is 25.1 Å². The molecule has 0 bridgehead atoms. The summed E-state index contributed by atoms with van der Waals surface area (Å²) in [5.41, 5.74) is 3.26. The van der Waals surface area contributed by atoms with Crippen molar-refractivity contribution in [2.75, 3.05) is 5.32 Å². The molecule has 2 rings (SSSR count). The molecule has 0 aliphatic carbocycles. The van der Waals surface area contributed by atoms with Crippen LogP contribution in [-0.2, 0) is 6.54 Å². The quantitative estimate of drug-likeness (QED) is 0.744. The van der Waals surface area contributed by atoms with E-state index in [0.717, 1.165) is 19.8 Å². The predicted molar refractivity (Wildman–Crippen MR) is 82.6 cm³/mol. The van der Waals surface area contributed by atoms with E-state index in [2.05, 4.69) is 27.9 Å². The van der Waals surface area contributed by atoms with Gasteiger partial charge < -0.3 is 5.32 Å². The molecule has 1 nitrogen and oxygen atoms in total. The molecule has 94 valence electrons. The van der Waals surface area contributed by atoms with E-state index in [1.165, 1.54) is 17.7 Å². The minimum atomic E-state index is -0.215. The van der Waals surface area contributed by atoms with Gasteiger partial charge in [0.05, 0.1) is 0 Å². The number of anilines is 1. The van der Waals surface area contributed by atoms with Gasteiger partial charge in [-0.2, -0.15) is 0 Å². The van der Waals surface area contributed by atoms with Crippen LogP contribution in [0, 0.1) is 16.3 Å². The van der Waals surface area contributed by atoms with Gasteiger partial charge in [0, 0.05) is 20.8 Å². The third-order valence-corrected chi connectivity index (χ3v) is 3.83. The second kappa shape index (κ2) is 5.89. The van der Waals surface area contributed by atoms with Crippen LogP contribution in [0.25, 0.3) is 0 Å². The normalized spacial score (nSPS) is 10.4. The van der Waals surface area contributed by atoms with Crippen molar-refractivity contribution in [3.05, 3.63) is 61.9 Å². The molecule has 0 atom stereocenters. The molecule has 0 saturated heterocycles. The highest BCUT2D eigenvalue weighted by Crippen LogP contribution is 2.21. The van der Waals surface area contributed by atoms with E-state index in [1.54, 1.807) is 6.07 Å². The third kappa shape index (κ3) is 3.36. The van der Waals surface area contributed by atoms with E-state index in [4.69, 9.17) is 11.6 Å². The highest BCUT2D eigenvalue weighted by molar-refractivity contribution is 14.1. The highest BCUT2D eigenvalue weighted by Gasteiger charge is 2.03. The maximum atomic E-state index is 13.0. The van der Waals surface area contributed by atoms with Gasteiger partial charge in [-0.3, -0.25) is 0 Å². The van der Waals surface area contributed by atoms with E-state index in [0.29, 0.717) is 6.54 Å². The standard InChI is InChI=1S/C14H12ClFIN/c1-9-6-11(15)3-2-10(9)8-18-14-5-4-12(16)7-13(14)17/h2-7,18H,8H2,1H3. The molecule has 0 heterocycles. The Bertz CT molecular complexity index is 520. The summed E-state index contributed by atoms with van der Waals surface area (Å²) in [7, 11) is 0. The number of rotatable bonds is 3. The van der Waals surface area contributed by atoms with Crippen LogP contribution in [0.1, 0.15) is 11.1 Å². The highest BCUT2D eigenvalue weighted by atomic mass is 127. The first-order chi connectivity index (χ1) is 8.56. The van der Waals surface area contributed by atoms with E-state index in [-0.39, 0.29) is 5.82 Å². The minimum Gasteiger partial charge on any atom is -0.380 e. The van der Waals surface area contributed by atoms with Crippen LogP contribution >= 0.6 is 34.2 Å². The second-order valence-corrected chi connectivity index (χ2v) is 5.65.